The lowest BCUT2D eigenvalue weighted by Crippen LogP contribution is -2.25. The van der Waals surface area contributed by atoms with Crippen molar-refractivity contribution in [1.29, 1.82) is 0 Å². The molecule has 1 heterocycles. The maximum absolute atomic E-state index is 4.57. The summed E-state index contributed by atoms with van der Waals surface area (Å²) in [6, 6.07) is 0. The lowest BCUT2D eigenvalue weighted by molar-refractivity contribution is 0.416. The van der Waals surface area contributed by atoms with Gasteiger partial charge in [0.1, 0.15) is 0 Å². The van der Waals surface area contributed by atoms with Crippen molar-refractivity contribution in [3.8, 4) is 0 Å². The highest BCUT2D eigenvalue weighted by molar-refractivity contribution is 5.22. The van der Waals surface area contributed by atoms with Gasteiger partial charge in [0.05, 0.1) is 5.69 Å². The summed E-state index contributed by atoms with van der Waals surface area (Å²) in [6.45, 7) is 14.0. The van der Waals surface area contributed by atoms with Crippen molar-refractivity contribution in [2.75, 3.05) is 13.1 Å². The molecule has 3 heteroatoms. The molecule has 92 valence electrons. The van der Waals surface area contributed by atoms with E-state index in [0.717, 1.165) is 25.3 Å². The number of nitrogens with zero attached hydrogens (tertiary/aromatic N) is 2. The number of nitrogens with one attached hydrogen (secondary N) is 1. The molecule has 1 rings (SSSR count). The van der Waals surface area contributed by atoms with Gasteiger partial charge in [-0.2, -0.15) is 5.10 Å². The molecule has 1 unspecified atom stereocenters. The number of rotatable bonds is 6. The zero-order valence-electron chi connectivity index (χ0n) is 11.3. The van der Waals surface area contributed by atoms with Crippen LogP contribution in [0.2, 0.25) is 0 Å². The minimum Gasteiger partial charge on any atom is -0.316 e. The molecule has 3 nitrogen and oxygen atoms in total. The van der Waals surface area contributed by atoms with Crippen LogP contribution in [-0.4, -0.2) is 22.9 Å². The van der Waals surface area contributed by atoms with Crippen LogP contribution in [-0.2, 0) is 6.54 Å². The van der Waals surface area contributed by atoms with Gasteiger partial charge in [-0.3, -0.25) is 4.68 Å². The van der Waals surface area contributed by atoms with Crippen molar-refractivity contribution in [1.82, 2.24) is 15.1 Å². The molecule has 0 saturated carbocycles. The molecule has 16 heavy (non-hydrogen) atoms. The van der Waals surface area contributed by atoms with E-state index in [9.17, 15) is 0 Å². The summed E-state index contributed by atoms with van der Waals surface area (Å²) in [6.07, 6.45) is 1.20. The maximum atomic E-state index is 4.57. The minimum absolute atomic E-state index is 0.629. The van der Waals surface area contributed by atoms with Crippen LogP contribution in [0.3, 0.4) is 0 Å². The Kier molecular flexibility index (Phi) is 5.00. The Labute approximate surface area is 99.2 Å². The van der Waals surface area contributed by atoms with E-state index in [2.05, 4.69) is 49.7 Å². The Hall–Kier alpha value is -0.830. The van der Waals surface area contributed by atoms with Crippen LogP contribution < -0.4 is 5.32 Å². The van der Waals surface area contributed by atoms with E-state index in [1.54, 1.807) is 0 Å². The highest BCUT2D eigenvalue weighted by Gasteiger charge is 2.09. The zero-order chi connectivity index (χ0) is 12.1. The minimum atomic E-state index is 0.629. The largest absolute Gasteiger partial charge is 0.316 e. The van der Waals surface area contributed by atoms with Gasteiger partial charge < -0.3 is 5.32 Å². The van der Waals surface area contributed by atoms with Crippen molar-refractivity contribution in [2.45, 2.75) is 47.6 Å². The molecular weight excluding hydrogens is 198 g/mol. The van der Waals surface area contributed by atoms with Gasteiger partial charge >= 0.3 is 0 Å². The summed E-state index contributed by atoms with van der Waals surface area (Å²) in [5, 5.41) is 8.02. The first-order valence-electron chi connectivity index (χ1n) is 6.27. The third kappa shape index (κ3) is 3.34. The van der Waals surface area contributed by atoms with Crippen molar-refractivity contribution < 1.29 is 0 Å². The Bertz CT molecular complexity index is 328. The van der Waals surface area contributed by atoms with Crippen molar-refractivity contribution in [3.63, 3.8) is 0 Å². The second-order valence-electron chi connectivity index (χ2n) is 4.79. The van der Waals surface area contributed by atoms with Gasteiger partial charge in [-0.25, -0.2) is 0 Å². The molecule has 0 aromatic carbocycles. The first-order chi connectivity index (χ1) is 7.56. The standard InChI is InChI=1S/C13H25N3/c1-6-7-14-8-10(2)9-16-13(5)11(3)12(4)15-16/h10,14H,6-9H2,1-5H3. The van der Waals surface area contributed by atoms with Gasteiger partial charge in [0.25, 0.3) is 0 Å². The van der Waals surface area contributed by atoms with Gasteiger partial charge in [-0.1, -0.05) is 13.8 Å². The molecule has 0 bridgehead atoms. The molecule has 0 aliphatic heterocycles. The molecule has 0 fully saturated rings. The fourth-order valence-corrected chi connectivity index (χ4v) is 1.85. The fourth-order valence-electron chi connectivity index (χ4n) is 1.85. The average Bonchev–Trinajstić information content (AvgIpc) is 2.47. The Morgan fingerprint density at radius 1 is 1.31 bits per heavy atom. The third-order valence-corrected chi connectivity index (χ3v) is 3.15. The van der Waals surface area contributed by atoms with Gasteiger partial charge in [-0.15, -0.1) is 0 Å². The molecule has 0 radical (unpaired) electrons. The van der Waals surface area contributed by atoms with E-state index in [0.29, 0.717) is 5.92 Å². The number of hydrogen-bond acceptors (Lipinski definition) is 2. The monoisotopic (exact) mass is 223 g/mol. The van der Waals surface area contributed by atoms with Crippen molar-refractivity contribution >= 4 is 0 Å². The van der Waals surface area contributed by atoms with Crippen molar-refractivity contribution in [3.05, 3.63) is 17.0 Å². The second-order valence-corrected chi connectivity index (χ2v) is 4.79. The zero-order valence-corrected chi connectivity index (χ0v) is 11.3. The van der Waals surface area contributed by atoms with Gasteiger partial charge in [0.2, 0.25) is 0 Å². The Morgan fingerprint density at radius 3 is 2.50 bits per heavy atom. The average molecular weight is 223 g/mol. The first-order valence-corrected chi connectivity index (χ1v) is 6.27. The molecular formula is C13H25N3. The molecule has 1 aromatic rings. The van der Waals surface area contributed by atoms with Crippen LogP contribution in [0.4, 0.5) is 0 Å². The van der Waals surface area contributed by atoms with Crippen LogP contribution in [0.25, 0.3) is 0 Å². The smallest absolute Gasteiger partial charge is 0.0625 e. The SMILES string of the molecule is CCCNCC(C)Cn1nc(C)c(C)c1C. The van der Waals surface area contributed by atoms with E-state index >= 15 is 0 Å². The number of aryl methyl sites for hydroxylation is 1. The van der Waals surface area contributed by atoms with Crippen LogP contribution in [0, 0.1) is 26.7 Å². The predicted molar refractivity (Wildman–Crippen MR) is 68.8 cm³/mol. The molecule has 0 spiro atoms. The maximum Gasteiger partial charge on any atom is 0.0625 e. The van der Waals surface area contributed by atoms with E-state index in [4.69, 9.17) is 0 Å². The first kappa shape index (κ1) is 13.2. The Balaban J connectivity index is 2.49. The van der Waals surface area contributed by atoms with Gasteiger partial charge in [-0.05, 0) is 51.8 Å². The summed E-state index contributed by atoms with van der Waals surface area (Å²) in [5.41, 5.74) is 3.79. The van der Waals surface area contributed by atoms with E-state index in [1.165, 1.54) is 17.7 Å². The normalized spacial score (nSPS) is 13.1. The molecule has 0 amide bonds. The highest BCUT2D eigenvalue weighted by Crippen LogP contribution is 2.12. The summed E-state index contributed by atoms with van der Waals surface area (Å²) in [4.78, 5) is 0. The van der Waals surface area contributed by atoms with Gasteiger partial charge in [0.15, 0.2) is 0 Å². The van der Waals surface area contributed by atoms with E-state index < -0.39 is 0 Å². The Morgan fingerprint density at radius 2 is 2.00 bits per heavy atom. The molecule has 1 N–H and O–H groups in total. The van der Waals surface area contributed by atoms with E-state index in [-0.39, 0.29) is 0 Å². The lowest BCUT2D eigenvalue weighted by atomic mass is 10.1. The predicted octanol–water partition coefficient (Wildman–Crippen LogP) is 2.44. The number of aromatic nitrogens is 2. The summed E-state index contributed by atoms with van der Waals surface area (Å²) in [5.74, 6) is 0.629. The molecule has 0 aliphatic rings. The van der Waals surface area contributed by atoms with Crippen LogP contribution in [0.15, 0.2) is 0 Å². The fraction of sp³-hybridized carbons (Fsp3) is 0.769. The molecule has 0 aliphatic carbocycles. The molecule has 0 saturated heterocycles. The van der Waals surface area contributed by atoms with E-state index in [1.807, 2.05) is 0 Å². The second kappa shape index (κ2) is 6.04. The highest BCUT2D eigenvalue weighted by atomic mass is 15.3. The summed E-state index contributed by atoms with van der Waals surface area (Å²) >= 11 is 0. The molecule has 1 atom stereocenters. The number of hydrogen-bond donors (Lipinski definition) is 1. The topological polar surface area (TPSA) is 29.9 Å². The van der Waals surface area contributed by atoms with Crippen LogP contribution in [0.5, 0.6) is 0 Å². The lowest BCUT2D eigenvalue weighted by Gasteiger charge is -2.13. The van der Waals surface area contributed by atoms with Crippen LogP contribution in [0.1, 0.15) is 37.2 Å². The quantitative estimate of drug-likeness (QED) is 0.751. The summed E-state index contributed by atoms with van der Waals surface area (Å²) in [7, 11) is 0. The molecule has 1 aromatic heterocycles. The summed E-state index contributed by atoms with van der Waals surface area (Å²) < 4.78 is 2.14. The van der Waals surface area contributed by atoms with Crippen LogP contribution >= 0.6 is 0 Å². The van der Waals surface area contributed by atoms with Gasteiger partial charge in [0, 0.05) is 12.2 Å². The third-order valence-electron chi connectivity index (χ3n) is 3.15. The van der Waals surface area contributed by atoms with Crippen molar-refractivity contribution in [2.24, 2.45) is 5.92 Å².